The van der Waals surface area contributed by atoms with Gasteiger partial charge in [-0.1, -0.05) is 47.7 Å². The summed E-state index contributed by atoms with van der Waals surface area (Å²) in [6, 6.07) is 16.2. The fraction of sp³-hybridized carbons (Fsp3) is 0.188. The zero-order chi connectivity index (χ0) is 14.4. The number of hydrogen-bond acceptors (Lipinski definition) is 4. The van der Waals surface area contributed by atoms with E-state index in [0.717, 1.165) is 5.52 Å². The van der Waals surface area contributed by atoms with E-state index in [4.69, 9.17) is 10.5 Å². The lowest BCUT2D eigenvalue weighted by Gasteiger charge is -1.95. The SMILES string of the molecule is COCc1ccccc1.Cc1ccc2nc(N)sc2c1. The Balaban J connectivity index is 0.000000151. The Morgan fingerprint density at radius 3 is 2.60 bits per heavy atom. The molecule has 0 spiro atoms. The normalized spacial score (nSPS) is 10.1. The van der Waals surface area contributed by atoms with Crippen molar-refractivity contribution in [1.82, 2.24) is 4.98 Å². The molecule has 1 aromatic heterocycles. The van der Waals surface area contributed by atoms with Gasteiger partial charge in [0, 0.05) is 7.11 Å². The highest BCUT2D eigenvalue weighted by molar-refractivity contribution is 7.22. The maximum Gasteiger partial charge on any atom is 0.181 e. The third-order valence-electron chi connectivity index (χ3n) is 2.71. The van der Waals surface area contributed by atoms with Gasteiger partial charge in [0.25, 0.3) is 0 Å². The van der Waals surface area contributed by atoms with Gasteiger partial charge in [-0.25, -0.2) is 4.98 Å². The molecule has 2 aromatic carbocycles. The maximum absolute atomic E-state index is 5.55. The molecule has 1 heterocycles. The minimum atomic E-state index is 0.644. The van der Waals surface area contributed by atoms with Crippen LogP contribution in [0.2, 0.25) is 0 Å². The third kappa shape index (κ3) is 4.05. The Morgan fingerprint density at radius 1 is 1.15 bits per heavy atom. The fourth-order valence-electron chi connectivity index (χ4n) is 1.79. The second-order valence-electron chi connectivity index (χ2n) is 4.44. The van der Waals surface area contributed by atoms with Gasteiger partial charge in [0.05, 0.1) is 16.8 Å². The molecule has 3 rings (SSSR count). The quantitative estimate of drug-likeness (QED) is 0.774. The lowest BCUT2D eigenvalue weighted by Crippen LogP contribution is -1.84. The van der Waals surface area contributed by atoms with Crippen LogP contribution in [0.5, 0.6) is 0 Å². The topological polar surface area (TPSA) is 48.1 Å². The molecular weight excluding hydrogens is 268 g/mol. The molecule has 0 aliphatic carbocycles. The van der Waals surface area contributed by atoms with Crippen LogP contribution in [0.15, 0.2) is 48.5 Å². The van der Waals surface area contributed by atoms with Gasteiger partial charge in [0.15, 0.2) is 5.13 Å². The molecule has 0 atom stereocenters. The van der Waals surface area contributed by atoms with Crippen LogP contribution >= 0.6 is 11.3 Å². The average Bonchev–Trinajstić information content (AvgIpc) is 2.80. The van der Waals surface area contributed by atoms with Crippen LogP contribution in [0.4, 0.5) is 5.13 Å². The molecule has 0 amide bonds. The molecule has 3 nitrogen and oxygen atoms in total. The lowest BCUT2D eigenvalue weighted by molar-refractivity contribution is 0.185. The first kappa shape index (κ1) is 14.5. The van der Waals surface area contributed by atoms with Crippen molar-refractivity contribution in [3.63, 3.8) is 0 Å². The Hall–Kier alpha value is -1.91. The van der Waals surface area contributed by atoms with Crippen LogP contribution in [0.1, 0.15) is 11.1 Å². The number of nitrogens with two attached hydrogens (primary N) is 1. The van der Waals surface area contributed by atoms with E-state index in [-0.39, 0.29) is 0 Å². The smallest absolute Gasteiger partial charge is 0.181 e. The first-order valence-corrected chi connectivity index (χ1v) is 7.16. The average molecular weight is 286 g/mol. The molecule has 3 aromatic rings. The molecular formula is C16H18N2OS. The van der Waals surface area contributed by atoms with Gasteiger partial charge in [0.2, 0.25) is 0 Å². The highest BCUT2D eigenvalue weighted by atomic mass is 32.1. The molecule has 0 aliphatic rings. The summed E-state index contributed by atoms with van der Waals surface area (Å²) in [5, 5.41) is 0.644. The molecule has 0 saturated heterocycles. The summed E-state index contributed by atoms with van der Waals surface area (Å²) in [6.07, 6.45) is 0. The van der Waals surface area contributed by atoms with Gasteiger partial charge in [-0.2, -0.15) is 0 Å². The number of methoxy groups -OCH3 is 1. The van der Waals surface area contributed by atoms with Gasteiger partial charge >= 0.3 is 0 Å². The standard InChI is InChI=1S/C8H8N2S.C8H10O/c1-5-2-3-6-7(4-5)11-8(9)10-6;1-9-7-8-5-3-2-4-6-8/h2-4H,1H3,(H2,9,10);2-6H,7H2,1H3. The Morgan fingerprint density at radius 2 is 1.90 bits per heavy atom. The second-order valence-corrected chi connectivity index (χ2v) is 5.50. The van der Waals surface area contributed by atoms with E-state index < -0.39 is 0 Å². The molecule has 0 saturated carbocycles. The van der Waals surface area contributed by atoms with Crippen LogP contribution in [0, 0.1) is 6.92 Å². The number of aromatic nitrogens is 1. The summed E-state index contributed by atoms with van der Waals surface area (Å²) >= 11 is 1.53. The number of rotatable bonds is 2. The summed E-state index contributed by atoms with van der Waals surface area (Å²) in [4.78, 5) is 4.15. The highest BCUT2D eigenvalue weighted by Crippen LogP contribution is 2.23. The summed E-state index contributed by atoms with van der Waals surface area (Å²) in [5.74, 6) is 0. The van der Waals surface area contributed by atoms with Crippen molar-refractivity contribution in [2.45, 2.75) is 13.5 Å². The summed E-state index contributed by atoms with van der Waals surface area (Å²) in [7, 11) is 1.70. The van der Waals surface area contributed by atoms with Crippen molar-refractivity contribution in [3.05, 3.63) is 59.7 Å². The van der Waals surface area contributed by atoms with E-state index in [1.165, 1.54) is 27.2 Å². The number of hydrogen-bond donors (Lipinski definition) is 1. The number of thiazole rings is 1. The monoisotopic (exact) mass is 286 g/mol. The number of anilines is 1. The van der Waals surface area contributed by atoms with Gasteiger partial charge in [0.1, 0.15) is 0 Å². The van der Waals surface area contributed by atoms with Gasteiger partial charge in [-0.15, -0.1) is 0 Å². The van der Waals surface area contributed by atoms with E-state index in [2.05, 4.69) is 18.0 Å². The zero-order valence-corrected chi connectivity index (χ0v) is 12.5. The molecule has 0 bridgehead atoms. The molecule has 104 valence electrons. The van der Waals surface area contributed by atoms with Crippen molar-refractivity contribution in [3.8, 4) is 0 Å². The molecule has 0 fully saturated rings. The molecule has 0 unspecified atom stereocenters. The van der Waals surface area contributed by atoms with Gasteiger partial charge < -0.3 is 10.5 Å². The number of aryl methyl sites for hydroxylation is 1. The van der Waals surface area contributed by atoms with Crippen LogP contribution in [-0.4, -0.2) is 12.1 Å². The Bertz CT molecular complexity index is 665. The predicted molar refractivity (Wildman–Crippen MR) is 85.9 cm³/mol. The van der Waals surface area contributed by atoms with Crippen LogP contribution in [0.3, 0.4) is 0 Å². The largest absolute Gasteiger partial charge is 0.380 e. The van der Waals surface area contributed by atoms with Crippen molar-refractivity contribution in [2.75, 3.05) is 12.8 Å². The first-order valence-electron chi connectivity index (χ1n) is 6.34. The molecule has 0 radical (unpaired) electrons. The highest BCUT2D eigenvalue weighted by Gasteiger charge is 1.98. The van der Waals surface area contributed by atoms with E-state index in [1.807, 2.05) is 42.5 Å². The van der Waals surface area contributed by atoms with Gasteiger partial charge in [-0.05, 0) is 30.2 Å². The Kier molecular flexibility index (Phi) is 5.09. The summed E-state index contributed by atoms with van der Waals surface area (Å²) < 4.78 is 6.10. The number of benzene rings is 2. The number of fused-ring (bicyclic) bond motifs is 1. The minimum absolute atomic E-state index is 0.644. The van der Waals surface area contributed by atoms with Crippen LogP contribution < -0.4 is 5.73 Å². The van der Waals surface area contributed by atoms with Crippen molar-refractivity contribution in [1.29, 1.82) is 0 Å². The predicted octanol–water partition coefficient (Wildman–Crippen LogP) is 4.02. The third-order valence-corrected chi connectivity index (χ3v) is 3.56. The molecule has 0 aliphatic heterocycles. The fourth-order valence-corrected chi connectivity index (χ4v) is 2.62. The number of nitrogens with zero attached hydrogens (tertiary/aromatic N) is 1. The summed E-state index contributed by atoms with van der Waals surface area (Å²) in [5.41, 5.74) is 9.02. The van der Waals surface area contributed by atoms with Crippen LogP contribution in [0.25, 0.3) is 10.2 Å². The maximum atomic E-state index is 5.55. The van der Waals surface area contributed by atoms with E-state index in [0.29, 0.717) is 11.7 Å². The second kappa shape index (κ2) is 7.03. The molecule has 4 heteroatoms. The number of ether oxygens (including phenoxy) is 1. The first-order chi connectivity index (χ1) is 9.69. The Labute approximate surface area is 123 Å². The van der Waals surface area contributed by atoms with E-state index >= 15 is 0 Å². The van der Waals surface area contributed by atoms with Gasteiger partial charge in [-0.3, -0.25) is 0 Å². The number of nitrogen functional groups attached to an aromatic ring is 1. The van der Waals surface area contributed by atoms with E-state index in [1.54, 1.807) is 7.11 Å². The van der Waals surface area contributed by atoms with E-state index in [9.17, 15) is 0 Å². The van der Waals surface area contributed by atoms with Crippen molar-refractivity contribution >= 4 is 26.7 Å². The minimum Gasteiger partial charge on any atom is -0.380 e. The molecule has 20 heavy (non-hydrogen) atoms. The van der Waals surface area contributed by atoms with Crippen molar-refractivity contribution in [2.24, 2.45) is 0 Å². The zero-order valence-electron chi connectivity index (χ0n) is 11.7. The summed E-state index contributed by atoms with van der Waals surface area (Å²) in [6.45, 7) is 2.77. The molecule has 2 N–H and O–H groups in total. The van der Waals surface area contributed by atoms with Crippen LogP contribution in [-0.2, 0) is 11.3 Å². The lowest BCUT2D eigenvalue weighted by atomic mass is 10.2. The van der Waals surface area contributed by atoms with Crippen molar-refractivity contribution < 1.29 is 4.74 Å².